The lowest BCUT2D eigenvalue weighted by Crippen LogP contribution is -2.14. The molecule has 3 aromatic heterocycles. The average Bonchev–Trinajstić information content (AvgIpc) is 3.03. The van der Waals surface area contributed by atoms with E-state index in [0.29, 0.717) is 5.82 Å². The fourth-order valence-electron chi connectivity index (χ4n) is 1.74. The second kappa shape index (κ2) is 5.80. The molecular formula is C14H9N7O. The highest BCUT2D eigenvalue weighted by Gasteiger charge is 2.12. The molecule has 8 nitrogen and oxygen atoms in total. The van der Waals surface area contributed by atoms with Crippen LogP contribution < -0.4 is 5.32 Å². The highest BCUT2D eigenvalue weighted by molar-refractivity contribution is 6.03. The van der Waals surface area contributed by atoms with Gasteiger partial charge in [-0.25, -0.2) is 15.0 Å². The molecule has 0 aliphatic rings. The summed E-state index contributed by atoms with van der Waals surface area (Å²) in [5.74, 6) is 0.201. The molecule has 0 radical (unpaired) electrons. The smallest absolute Gasteiger partial charge is 0.260 e. The predicted octanol–water partition coefficient (Wildman–Crippen LogP) is 1.39. The van der Waals surface area contributed by atoms with E-state index in [0.717, 1.165) is 5.56 Å². The van der Waals surface area contributed by atoms with Crippen molar-refractivity contribution in [3.63, 3.8) is 0 Å². The lowest BCUT2D eigenvalue weighted by molar-refractivity contribution is 0.102. The quantitative estimate of drug-likeness (QED) is 0.752. The summed E-state index contributed by atoms with van der Waals surface area (Å²) in [6, 6.07) is 5.49. The number of carbonyl (C=O) groups is 1. The summed E-state index contributed by atoms with van der Waals surface area (Å²) >= 11 is 0. The summed E-state index contributed by atoms with van der Waals surface area (Å²) in [4.78, 5) is 30.8. The van der Waals surface area contributed by atoms with Crippen molar-refractivity contribution in [2.45, 2.75) is 0 Å². The minimum absolute atomic E-state index is 0.170. The molecule has 22 heavy (non-hydrogen) atoms. The molecule has 1 amide bonds. The van der Waals surface area contributed by atoms with Crippen LogP contribution in [0.25, 0.3) is 11.4 Å². The first-order valence-electron chi connectivity index (χ1n) is 6.25. The van der Waals surface area contributed by atoms with E-state index >= 15 is 0 Å². The molecule has 0 aromatic carbocycles. The number of hydrogen-bond donors (Lipinski definition) is 2. The molecule has 0 aliphatic carbocycles. The van der Waals surface area contributed by atoms with Crippen molar-refractivity contribution in [1.29, 1.82) is 5.26 Å². The van der Waals surface area contributed by atoms with E-state index in [1.165, 1.54) is 18.7 Å². The van der Waals surface area contributed by atoms with Crippen LogP contribution in [-0.2, 0) is 0 Å². The second-order valence-corrected chi connectivity index (χ2v) is 4.23. The van der Waals surface area contributed by atoms with Gasteiger partial charge in [0.1, 0.15) is 6.07 Å². The number of imidazole rings is 1. The van der Waals surface area contributed by atoms with Crippen molar-refractivity contribution in [2.75, 3.05) is 5.32 Å². The number of amides is 1. The van der Waals surface area contributed by atoms with Crippen LogP contribution in [0, 0.1) is 11.3 Å². The molecule has 2 N–H and O–H groups in total. The van der Waals surface area contributed by atoms with Gasteiger partial charge in [-0.05, 0) is 12.1 Å². The molecule has 3 heterocycles. The van der Waals surface area contributed by atoms with Gasteiger partial charge in [-0.1, -0.05) is 0 Å². The van der Waals surface area contributed by atoms with Crippen molar-refractivity contribution >= 4 is 11.7 Å². The normalized spacial score (nSPS) is 9.95. The molecule has 0 saturated heterocycles. The van der Waals surface area contributed by atoms with Crippen LogP contribution in [0.2, 0.25) is 0 Å². The van der Waals surface area contributed by atoms with Gasteiger partial charge in [0.2, 0.25) is 0 Å². The van der Waals surface area contributed by atoms with E-state index in [2.05, 4.69) is 30.2 Å². The van der Waals surface area contributed by atoms with Gasteiger partial charge in [0.25, 0.3) is 5.91 Å². The van der Waals surface area contributed by atoms with Gasteiger partial charge in [-0.2, -0.15) is 5.26 Å². The first-order valence-corrected chi connectivity index (χ1v) is 6.25. The number of aromatic amines is 1. The van der Waals surface area contributed by atoms with Crippen LogP contribution in [0.15, 0.2) is 43.2 Å². The number of carbonyl (C=O) groups excluding carboxylic acids is 1. The first-order chi connectivity index (χ1) is 10.8. The van der Waals surface area contributed by atoms with E-state index in [4.69, 9.17) is 5.26 Å². The highest BCUT2D eigenvalue weighted by Crippen LogP contribution is 2.13. The number of pyridine rings is 1. The van der Waals surface area contributed by atoms with Gasteiger partial charge in [-0.15, -0.1) is 0 Å². The third kappa shape index (κ3) is 2.64. The van der Waals surface area contributed by atoms with Crippen LogP contribution in [-0.4, -0.2) is 30.8 Å². The standard InChI is InChI=1S/C14H9N7O/c15-4-11-13(20-8-19-11)21-14(22)10-6-17-12(18-7-10)9-2-1-3-16-5-9/h1-3,5-8H,(H,19,20)(H,21,22). The minimum Gasteiger partial charge on any atom is -0.335 e. The summed E-state index contributed by atoms with van der Waals surface area (Å²) in [5.41, 5.74) is 1.20. The van der Waals surface area contributed by atoms with E-state index in [9.17, 15) is 4.79 Å². The molecule has 3 rings (SSSR count). The maximum atomic E-state index is 12.1. The molecule has 0 bridgehead atoms. The number of rotatable bonds is 3. The lowest BCUT2D eigenvalue weighted by Gasteiger charge is -2.03. The zero-order chi connectivity index (χ0) is 15.4. The molecule has 0 atom stereocenters. The fourth-order valence-corrected chi connectivity index (χ4v) is 1.74. The van der Waals surface area contributed by atoms with Crippen LogP contribution in [0.4, 0.5) is 5.82 Å². The molecule has 0 fully saturated rings. The highest BCUT2D eigenvalue weighted by atomic mass is 16.1. The maximum Gasteiger partial charge on any atom is 0.260 e. The number of nitriles is 1. The number of hydrogen-bond acceptors (Lipinski definition) is 6. The predicted molar refractivity (Wildman–Crippen MR) is 76.5 cm³/mol. The van der Waals surface area contributed by atoms with Gasteiger partial charge in [0.15, 0.2) is 17.3 Å². The number of nitrogens with one attached hydrogen (secondary N) is 2. The van der Waals surface area contributed by atoms with Crippen LogP contribution >= 0.6 is 0 Å². The number of H-pyrrole nitrogens is 1. The van der Waals surface area contributed by atoms with E-state index in [-0.39, 0.29) is 17.1 Å². The molecule has 0 unspecified atom stereocenters. The Morgan fingerprint density at radius 1 is 1.23 bits per heavy atom. The Labute approximate surface area is 124 Å². The Bertz CT molecular complexity index is 834. The Morgan fingerprint density at radius 2 is 2.05 bits per heavy atom. The lowest BCUT2D eigenvalue weighted by atomic mass is 10.2. The molecule has 0 saturated carbocycles. The number of nitrogens with zero attached hydrogens (tertiary/aromatic N) is 5. The molecule has 3 aromatic rings. The third-order valence-corrected chi connectivity index (χ3v) is 2.82. The summed E-state index contributed by atoms with van der Waals surface area (Å²) in [7, 11) is 0. The summed E-state index contributed by atoms with van der Waals surface area (Å²) in [5, 5.41) is 11.4. The number of aromatic nitrogens is 5. The third-order valence-electron chi connectivity index (χ3n) is 2.82. The second-order valence-electron chi connectivity index (χ2n) is 4.23. The SMILES string of the molecule is N#Cc1[nH]cnc1NC(=O)c1cnc(-c2cccnc2)nc1. The van der Waals surface area contributed by atoms with Crippen molar-refractivity contribution in [1.82, 2.24) is 24.9 Å². The molecule has 8 heteroatoms. The van der Waals surface area contributed by atoms with Gasteiger partial charge >= 0.3 is 0 Å². The van der Waals surface area contributed by atoms with Crippen molar-refractivity contribution in [3.8, 4) is 17.5 Å². The van der Waals surface area contributed by atoms with Crippen LogP contribution in [0.1, 0.15) is 16.1 Å². The maximum absolute atomic E-state index is 12.1. The van der Waals surface area contributed by atoms with Gasteiger partial charge < -0.3 is 10.3 Å². The Hall–Kier alpha value is -3.60. The van der Waals surface area contributed by atoms with Crippen molar-refractivity contribution in [3.05, 3.63) is 54.5 Å². The van der Waals surface area contributed by atoms with Crippen LogP contribution in [0.5, 0.6) is 0 Å². The molecule has 0 aliphatic heterocycles. The molecule has 106 valence electrons. The average molecular weight is 291 g/mol. The summed E-state index contributed by atoms with van der Waals surface area (Å²) in [6.45, 7) is 0. The van der Waals surface area contributed by atoms with Crippen molar-refractivity contribution in [2.24, 2.45) is 0 Å². The van der Waals surface area contributed by atoms with Gasteiger partial charge in [0, 0.05) is 30.4 Å². The Balaban J connectivity index is 1.78. The molecule has 0 spiro atoms. The zero-order valence-corrected chi connectivity index (χ0v) is 11.2. The van der Waals surface area contributed by atoms with E-state index in [1.54, 1.807) is 18.5 Å². The largest absolute Gasteiger partial charge is 0.335 e. The summed E-state index contributed by atoms with van der Waals surface area (Å²) in [6.07, 6.45) is 7.43. The number of anilines is 1. The van der Waals surface area contributed by atoms with E-state index < -0.39 is 5.91 Å². The fraction of sp³-hybridized carbons (Fsp3) is 0. The Kier molecular flexibility index (Phi) is 3.53. The first kappa shape index (κ1) is 13.4. The Morgan fingerprint density at radius 3 is 2.73 bits per heavy atom. The monoisotopic (exact) mass is 291 g/mol. The zero-order valence-electron chi connectivity index (χ0n) is 11.2. The summed E-state index contributed by atoms with van der Waals surface area (Å²) < 4.78 is 0. The molecular weight excluding hydrogens is 282 g/mol. The van der Waals surface area contributed by atoms with Gasteiger partial charge in [-0.3, -0.25) is 9.78 Å². The van der Waals surface area contributed by atoms with Crippen molar-refractivity contribution < 1.29 is 4.79 Å². The van der Waals surface area contributed by atoms with Crippen LogP contribution in [0.3, 0.4) is 0 Å². The minimum atomic E-state index is -0.443. The topological polar surface area (TPSA) is 120 Å². The van der Waals surface area contributed by atoms with Gasteiger partial charge in [0.05, 0.1) is 11.9 Å². The van der Waals surface area contributed by atoms with E-state index in [1.807, 2.05) is 12.1 Å².